The predicted octanol–water partition coefficient (Wildman–Crippen LogP) is 4.93. The summed E-state index contributed by atoms with van der Waals surface area (Å²) in [6.45, 7) is 2.18. The van der Waals surface area contributed by atoms with Gasteiger partial charge in [0.1, 0.15) is 11.5 Å². The Morgan fingerprint density at radius 2 is 1.46 bits per heavy atom. The second kappa shape index (κ2) is 11.7. The zero-order valence-corrected chi connectivity index (χ0v) is 21.6. The minimum atomic E-state index is -3.79. The summed E-state index contributed by atoms with van der Waals surface area (Å²) in [6, 6.07) is 26.1. The summed E-state index contributed by atoms with van der Waals surface area (Å²) in [7, 11) is -3.79. The molecule has 4 aromatic carbocycles. The number of ether oxygens (including phenoxy) is 2. The highest BCUT2D eigenvalue weighted by molar-refractivity contribution is 7.92. The van der Waals surface area contributed by atoms with Crippen molar-refractivity contribution in [2.45, 2.75) is 11.8 Å². The van der Waals surface area contributed by atoms with E-state index in [2.05, 4.69) is 15.4 Å². The molecular formula is C27H25N3O5S2. The highest BCUT2D eigenvalue weighted by Crippen LogP contribution is 2.22. The number of anilines is 2. The van der Waals surface area contributed by atoms with Gasteiger partial charge in [0.15, 0.2) is 11.7 Å². The van der Waals surface area contributed by atoms with Crippen LogP contribution in [0, 0.1) is 0 Å². The zero-order valence-electron chi connectivity index (χ0n) is 19.9. The maximum Gasteiger partial charge on any atom is 0.264 e. The van der Waals surface area contributed by atoms with Crippen molar-refractivity contribution in [3.63, 3.8) is 0 Å². The van der Waals surface area contributed by atoms with Gasteiger partial charge in [0.2, 0.25) is 0 Å². The number of benzene rings is 4. The molecule has 0 aromatic heterocycles. The van der Waals surface area contributed by atoms with E-state index in [1.807, 2.05) is 43.3 Å². The van der Waals surface area contributed by atoms with Gasteiger partial charge >= 0.3 is 0 Å². The molecule has 0 aliphatic rings. The number of carbonyl (C=O) groups is 1. The molecule has 0 saturated heterocycles. The molecule has 0 heterocycles. The normalized spacial score (nSPS) is 10.9. The summed E-state index contributed by atoms with van der Waals surface area (Å²) >= 11 is 5.19. The van der Waals surface area contributed by atoms with Gasteiger partial charge < -0.3 is 14.8 Å². The van der Waals surface area contributed by atoms with Crippen molar-refractivity contribution in [2.75, 3.05) is 23.3 Å². The van der Waals surface area contributed by atoms with E-state index in [1.54, 1.807) is 42.5 Å². The van der Waals surface area contributed by atoms with Crippen LogP contribution in [0.15, 0.2) is 95.9 Å². The largest absolute Gasteiger partial charge is 0.494 e. The lowest BCUT2D eigenvalue weighted by Crippen LogP contribution is -2.37. The first-order valence-electron chi connectivity index (χ1n) is 11.4. The molecule has 4 aromatic rings. The van der Waals surface area contributed by atoms with Gasteiger partial charge in [0.25, 0.3) is 15.9 Å². The molecule has 37 heavy (non-hydrogen) atoms. The Kier molecular flexibility index (Phi) is 8.22. The Balaban J connectivity index is 1.27. The third-order valence-electron chi connectivity index (χ3n) is 5.18. The number of rotatable bonds is 9. The van der Waals surface area contributed by atoms with E-state index in [4.69, 9.17) is 21.7 Å². The third-order valence-corrected chi connectivity index (χ3v) is 6.79. The first-order chi connectivity index (χ1) is 17.8. The second-order valence-electron chi connectivity index (χ2n) is 7.89. The Morgan fingerprint density at radius 3 is 2.16 bits per heavy atom. The highest BCUT2D eigenvalue weighted by Gasteiger charge is 2.14. The van der Waals surface area contributed by atoms with Crippen LogP contribution < -0.4 is 24.8 Å². The second-order valence-corrected chi connectivity index (χ2v) is 9.98. The van der Waals surface area contributed by atoms with E-state index >= 15 is 0 Å². The van der Waals surface area contributed by atoms with E-state index in [-0.39, 0.29) is 16.6 Å². The predicted molar refractivity (Wildman–Crippen MR) is 149 cm³/mol. The summed E-state index contributed by atoms with van der Waals surface area (Å²) in [5.41, 5.74) is 0.932. The van der Waals surface area contributed by atoms with E-state index in [0.717, 1.165) is 10.8 Å². The number of hydrogen-bond acceptors (Lipinski definition) is 6. The highest BCUT2D eigenvalue weighted by atomic mass is 32.2. The number of fused-ring (bicyclic) bond motifs is 1. The molecule has 1 amide bonds. The van der Waals surface area contributed by atoms with E-state index < -0.39 is 15.9 Å². The van der Waals surface area contributed by atoms with Crippen LogP contribution in [-0.2, 0) is 14.8 Å². The van der Waals surface area contributed by atoms with Gasteiger partial charge in [-0.25, -0.2) is 8.42 Å². The maximum absolute atomic E-state index is 12.7. The monoisotopic (exact) mass is 535 g/mol. The van der Waals surface area contributed by atoms with Crippen molar-refractivity contribution in [3.05, 3.63) is 91.0 Å². The van der Waals surface area contributed by atoms with Crippen molar-refractivity contribution < 1.29 is 22.7 Å². The lowest BCUT2D eigenvalue weighted by molar-refractivity contribution is -0.121. The van der Waals surface area contributed by atoms with Crippen LogP contribution in [0.4, 0.5) is 11.4 Å². The number of carbonyl (C=O) groups excluding carboxylic acids is 1. The molecule has 10 heteroatoms. The lowest BCUT2D eigenvalue weighted by Gasteiger charge is -2.12. The third kappa shape index (κ3) is 7.18. The van der Waals surface area contributed by atoms with Gasteiger partial charge in [-0.1, -0.05) is 30.3 Å². The Bertz CT molecular complexity index is 1510. The van der Waals surface area contributed by atoms with Gasteiger partial charge in [-0.3, -0.25) is 14.8 Å². The van der Waals surface area contributed by atoms with E-state index in [0.29, 0.717) is 29.5 Å². The van der Waals surface area contributed by atoms with Crippen LogP contribution in [0.1, 0.15) is 6.92 Å². The van der Waals surface area contributed by atoms with Crippen LogP contribution in [-0.4, -0.2) is 32.7 Å². The summed E-state index contributed by atoms with van der Waals surface area (Å²) in [5, 5.41) is 7.55. The summed E-state index contributed by atoms with van der Waals surface area (Å²) < 4.78 is 38.8. The van der Waals surface area contributed by atoms with Crippen molar-refractivity contribution in [2.24, 2.45) is 0 Å². The number of amides is 1. The number of nitrogens with one attached hydrogen (secondary N) is 3. The fraction of sp³-hybridized carbons (Fsp3) is 0.111. The molecule has 0 spiro atoms. The number of thiocarbonyl (C=S) groups is 1. The van der Waals surface area contributed by atoms with Gasteiger partial charge in [-0.05, 0) is 90.6 Å². The molecule has 0 bridgehead atoms. The fourth-order valence-corrected chi connectivity index (χ4v) is 4.74. The summed E-state index contributed by atoms with van der Waals surface area (Å²) in [5.74, 6) is 0.803. The van der Waals surface area contributed by atoms with Crippen LogP contribution in [0.3, 0.4) is 0 Å². The van der Waals surface area contributed by atoms with Crippen LogP contribution in [0.2, 0.25) is 0 Å². The molecule has 4 rings (SSSR count). The molecule has 0 aliphatic carbocycles. The van der Waals surface area contributed by atoms with Crippen LogP contribution in [0.5, 0.6) is 11.5 Å². The molecule has 3 N–H and O–H groups in total. The molecule has 190 valence electrons. The molecule has 0 saturated carbocycles. The van der Waals surface area contributed by atoms with Crippen LogP contribution >= 0.6 is 12.2 Å². The van der Waals surface area contributed by atoms with Gasteiger partial charge in [-0.15, -0.1) is 0 Å². The number of sulfonamides is 1. The molecule has 0 radical (unpaired) electrons. The quantitative estimate of drug-likeness (QED) is 0.261. The van der Waals surface area contributed by atoms with Gasteiger partial charge in [0.05, 0.1) is 11.5 Å². The Hall–Kier alpha value is -4.15. The summed E-state index contributed by atoms with van der Waals surface area (Å²) in [4.78, 5) is 12.3. The van der Waals surface area contributed by atoms with E-state index in [9.17, 15) is 13.2 Å². The standard InChI is InChI=1S/C27H25N3O5S2/c1-2-34-23-13-8-22(9-14-23)30-37(32,33)25-15-10-21(11-16-25)28-27(36)29-26(31)18-35-24-12-7-19-5-3-4-6-20(19)17-24/h3-17,30H,2,18H2,1H3,(H2,28,29,31,36). The van der Waals surface area contributed by atoms with E-state index in [1.165, 1.54) is 12.1 Å². The SMILES string of the molecule is CCOc1ccc(NS(=O)(=O)c2ccc(NC(=S)NC(=O)COc3ccc4ccccc4c3)cc2)cc1. The van der Waals surface area contributed by atoms with Crippen molar-refractivity contribution in [1.29, 1.82) is 0 Å². The molecule has 8 nitrogen and oxygen atoms in total. The van der Waals surface area contributed by atoms with Gasteiger partial charge in [0, 0.05) is 11.4 Å². The fourth-order valence-electron chi connectivity index (χ4n) is 3.45. The van der Waals surface area contributed by atoms with Crippen molar-refractivity contribution in [1.82, 2.24) is 5.32 Å². The average molecular weight is 536 g/mol. The Labute approximate surface area is 220 Å². The lowest BCUT2D eigenvalue weighted by atomic mass is 10.1. The molecule has 0 aliphatic heterocycles. The smallest absolute Gasteiger partial charge is 0.264 e. The van der Waals surface area contributed by atoms with Crippen molar-refractivity contribution in [3.8, 4) is 11.5 Å². The topological polar surface area (TPSA) is 106 Å². The van der Waals surface area contributed by atoms with Crippen LogP contribution in [0.25, 0.3) is 10.8 Å². The number of hydrogen-bond donors (Lipinski definition) is 3. The van der Waals surface area contributed by atoms with Gasteiger partial charge in [-0.2, -0.15) is 0 Å². The zero-order chi connectivity index (χ0) is 26.3. The molecule has 0 fully saturated rings. The molecular weight excluding hydrogens is 510 g/mol. The minimum Gasteiger partial charge on any atom is -0.494 e. The molecule has 0 atom stereocenters. The Morgan fingerprint density at radius 1 is 0.811 bits per heavy atom. The first kappa shape index (κ1) is 25.9. The molecule has 0 unspecified atom stereocenters. The maximum atomic E-state index is 12.7. The average Bonchev–Trinajstić information content (AvgIpc) is 2.89. The van der Waals surface area contributed by atoms with Crippen molar-refractivity contribution >= 4 is 55.4 Å². The summed E-state index contributed by atoms with van der Waals surface area (Å²) in [6.07, 6.45) is 0. The minimum absolute atomic E-state index is 0.0650. The first-order valence-corrected chi connectivity index (χ1v) is 13.3.